The number of allylic oxidation sites excluding steroid dienone is 3. The van der Waals surface area contributed by atoms with Crippen LogP contribution in [0.4, 0.5) is 5.69 Å². The molecule has 0 heterocycles. The predicted octanol–water partition coefficient (Wildman–Crippen LogP) is 4.23. The monoisotopic (exact) mass is 547 g/mol. The Bertz CT molecular complexity index is 987. The van der Waals surface area contributed by atoms with Crippen LogP contribution in [0.2, 0.25) is 0 Å². The van der Waals surface area contributed by atoms with Crippen LogP contribution in [0, 0.1) is 5.41 Å². The highest BCUT2D eigenvalue weighted by Crippen LogP contribution is 2.21. The van der Waals surface area contributed by atoms with Crippen molar-refractivity contribution in [2.24, 2.45) is 5.41 Å². The molecule has 1 unspecified atom stereocenters. The Kier molecular flexibility index (Phi) is 15.0. The van der Waals surface area contributed by atoms with E-state index in [0.717, 1.165) is 6.42 Å². The maximum Gasteiger partial charge on any atom is 0.274 e. The highest BCUT2D eigenvalue weighted by molar-refractivity contribution is 6.31. The smallest absolute Gasteiger partial charge is 0.274 e. The van der Waals surface area contributed by atoms with Gasteiger partial charge in [-0.1, -0.05) is 62.2 Å². The second-order valence-corrected chi connectivity index (χ2v) is 10.6. The molecule has 0 aliphatic heterocycles. The molecule has 38 heavy (non-hydrogen) atoms. The van der Waals surface area contributed by atoms with Crippen molar-refractivity contribution < 1.29 is 14.3 Å². The number of nitrogens with zero attached hydrogens (tertiary/aromatic N) is 1. The zero-order chi connectivity index (χ0) is 28.7. The molecule has 4 N–H and O–H groups in total. The Labute approximate surface area is 233 Å². The van der Waals surface area contributed by atoms with Crippen LogP contribution in [0.25, 0.3) is 0 Å². The first-order valence-electron chi connectivity index (χ1n) is 12.9. The summed E-state index contributed by atoms with van der Waals surface area (Å²) in [4.78, 5) is 28.6. The van der Waals surface area contributed by atoms with E-state index in [0.29, 0.717) is 36.1 Å². The molecule has 0 saturated carbocycles. The Morgan fingerprint density at radius 1 is 1.18 bits per heavy atom. The van der Waals surface area contributed by atoms with Crippen molar-refractivity contribution >= 4 is 29.1 Å². The summed E-state index contributed by atoms with van der Waals surface area (Å²) in [5.41, 5.74) is 2.08. The standard InChI is InChI=1S/C29H46ClN5O3/c1-9-21(16-22(30)10-2)18-32-20-29(3,4)17-25(36)34-27(26(31-5)24(38-8)19-35(6)7)28(37)33-23-14-12-11-13-15-23/h10-16,24,31-32H,9,17-20H2,1-8H3,(H,33,37)(H,34,36)/b21-16+,22-10+,27-26+. The van der Waals surface area contributed by atoms with E-state index in [2.05, 4.69) is 28.2 Å². The maximum atomic E-state index is 13.4. The van der Waals surface area contributed by atoms with Crippen LogP contribution in [-0.4, -0.2) is 70.7 Å². The van der Waals surface area contributed by atoms with Crippen LogP contribution < -0.4 is 21.3 Å². The SMILES string of the molecule is C/C=C(Cl)\C=C(/CC)CNCC(C)(C)CC(=O)N/C(C(=O)Nc1ccccc1)=C(/NC)C(CN(C)C)OC. The number of anilines is 1. The molecule has 9 heteroatoms. The highest BCUT2D eigenvalue weighted by Gasteiger charge is 2.27. The van der Waals surface area contributed by atoms with Gasteiger partial charge < -0.3 is 30.9 Å². The summed E-state index contributed by atoms with van der Waals surface area (Å²) in [6, 6.07) is 9.13. The molecular weight excluding hydrogens is 502 g/mol. The zero-order valence-electron chi connectivity index (χ0n) is 24.2. The number of hydrogen-bond acceptors (Lipinski definition) is 6. The van der Waals surface area contributed by atoms with Gasteiger partial charge in [-0.2, -0.15) is 0 Å². The molecule has 0 spiro atoms. The van der Waals surface area contributed by atoms with Crippen molar-refractivity contribution in [3.63, 3.8) is 0 Å². The summed E-state index contributed by atoms with van der Waals surface area (Å²) in [6.45, 7) is 9.84. The van der Waals surface area contributed by atoms with Gasteiger partial charge in [0.15, 0.2) is 0 Å². The Balaban J connectivity index is 3.09. The molecule has 0 aliphatic rings. The van der Waals surface area contributed by atoms with Crippen molar-refractivity contribution in [1.82, 2.24) is 20.9 Å². The van der Waals surface area contributed by atoms with E-state index in [1.807, 2.05) is 70.1 Å². The minimum absolute atomic E-state index is 0.135. The molecule has 1 aromatic carbocycles. The second kappa shape index (κ2) is 17.0. The van der Waals surface area contributed by atoms with Gasteiger partial charge in [-0.25, -0.2) is 0 Å². The molecular formula is C29H46ClN5O3. The topological polar surface area (TPSA) is 94.7 Å². The molecule has 212 valence electrons. The molecule has 0 aliphatic carbocycles. The van der Waals surface area contributed by atoms with E-state index in [-0.39, 0.29) is 23.4 Å². The third-order valence-electron chi connectivity index (χ3n) is 5.87. The number of benzene rings is 1. The lowest BCUT2D eigenvalue weighted by Gasteiger charge is -2.27. The van der Waals surface area contributed by atoms with Crippen LogP contribution in [0.15, 0.2) is 64.5 Å². The average molecular weight is 548 g/mol. The first kappa shape index (κ1) is 33.4. The zero-order valence-corrected chi connectivity index (χ0v) is 25.0. The third kappa shape index (κ3) is 12.3. The van der Waals surface area contributed by atoms with Crippen LogP contribution >= 0.6 is 11.6 Å². The third-order valence-corrected chi connectivity index (χ3v) is 6.19. The molecule has 1 aromatic rings. The Morgan fingerprint density at radius 3 is 2.37 bits per heavy atom. The van der Waals surface area contributed by atoms with Crippen LogP contribution in [0.1, 0.15) is 40.5 Å². The summed E-state index contributed by atoms with van der Waals surface area (Å²) in [7, 11) is 7.13. The second-order valence-electron chi connectivity index (χ2n) is 10.2. The van der Waals surface area contributed by atoms with E-state index in [9.17, 15) is 9.59 Å². The fraction of sp³-hybridized carbons (Fsp3) is 0.517. The summed E-state index contributed by atoms with van der Waals surface area (Å²) in [5, 5.41) is 13.0. The van der Waals surface area contributed by atoms with Crippen LogP contribution in [0.3, 0.4) is 0 Å². The number of ether oxygens (including phenoxy) is 1. The predicted molar refractivity (Wildman–Crippen MR) is 158 cm³/mol. The Hall–Kier alpha value is -2.65. The van der Waals surface area contributed by atoms with E-state index < -0.39 is 12.0 Å². The molecule has 8 nitrogen and oxygen atoms in total. The number of halogens is 1. The van der Waals surface area contributed by atoms with E-state index in [4.69, 9.17) is 16.3 Å². The van der Waals surface area contributed by atoms with Crippen molar-refractivity contribution in [3.8, 4) is 0 Å². The minimum atomic E-state index is -0.454. The van der Waals surface area contributed by atoms with Gasteiger partial charge >= 0.3 is 0 Å². The van der Waals surface area contributed by atoms with E-state index >= 15 is 0 Å². The molecule has 1 atom stereocenters. The number of methoxy groups -OCH3 is 1. The number of nitrogens with one attached hydrogen (secondary N) is 4. The summed E-state index contributed by atoms with van der Waals surface area (Å²) >= 11 is 6.15. The van der Waals surface area contributed by atoms with Gasteiger partial charge in [0, 0.05) is 50.9 Å². The van der Waals surface area contributed by atoms with Gasteiger partial charge in [-0.15, -0.1) is 0 Å². The number of hydrogen-bond donors (Lipinski definition) is 4. The summed E-state index contributed by atoms with van der Waals surface area (Å²) in [6.07, 6.45) is 4.46. The van der Waals surface area contributed by atoms with Crippen LogP contribution in [0.5, 0.6) is 0 Å². The van der Waals surface area contributed by atoms with E-state index in [1.54, 1.807) is 26.3 Å². The molecule has 0 fully saturated rings. The van der Waals surface area contributed by atoms with Gasteiger partial charge in [-0.3, -0.25) is 9.59 Å². The lowest BCUT2D eigenvalue weighted by molar-refractivity contribution is -0.124. The fourth-order valence-electron chi connectivity index (χ4n) is 3.82. The van der Waals surface area contributed by atoms with Gasteiger partial charge in [0.05, 0.1) is 5.70 Å². The highest BCUT2D eigenvalue weighted by atomic mass is 35.5. The normalized spacial score (nSPS) is 14.2. The molecule has 0 bridgehead atoms. The average Bonchev–Trinajstić information content (AvgIpc) is 2.86. The Morgan fingerprint density at radius 2 is 1.84 bits per heavy atom. The first-order valence-corrected chi connectivity index (χ1v) is 13.3. The molecule has 1 rings (SSSR count). The van der Waals surface area contributed by atoms with Crippen molar-refractivity contribution in [2.75, 3.05) is 53.2 Å². The van der Waals surface area contributed by atoms with Crippen molar-refractivity contribution in [1.29, 1.82) is 0 Å². The lowest BCUT2D eigenvalue weighted by Crippen LogP contribution is -2.42. The van der Waals surface area contributed by atoms with E-state index in [1.165, 1.54) is 5.57 Å². The largest absolute Gasteiger partial charge is 0.387 e. The number of rotatable bonds is 16. The first-order chi connectivity index (χ1) is 18.0. The lowest BCUT2D eigenvalue weighted by atomic mass is 9.88. The summed E-state index contributed by atoms with van der Waals surface area (Å²) in [5.74, 6) is -0.685. The minimum Gasteiger partial charge on any atom is -0.387 e. The fourth-order valence-corrected chi connectivity index (χ4v) is 3.98. The van der Waals surface area contributed by atoms with Crippen molar-refractivity contribution in [3.05, 3.63) is 64.5 Å². The van der Waals surface area contributed by atoms with Crippen molar-refractivity contribution in [2.45, 2.75) is 46.6 Å². The van der Waals surface area contributed by atoms with Gasteiger partial charge in [0.2, 0.25) is 5.91 Å². The number of para-hydroxylation sites is 1. The van der Waals surface area contributed by atoms with Crippen LogP contribution in [-0.2, 0) is 14.3 Å². The summed E-state index contributed by atoms with van der Waals surface area (Å²) < 4.78 is 5.68. The van der Waals surface area contributed by atoms with Gasteiger partial charge in [-0.05, 0) is 51.1 Å². The molecule has 2 amide bonds. The number of likely N-dealkylation sites (N-methyl/N-ethyl adjacent to an activating group) is 2. The van der Waals surface area contributed by atoms with Gasteiger partial charge in [0.1, 0.15) is 11.8 Å². The molecule has 0 radical (unpaired) electrons. The number of amides is 2. The number of carbonyl (C=O) groups is 2. The number of carbonyl (C=O) groups excluding carboxylic acids is 2. The maximum absolute atomic E-state index is 13.4. The molecule has 0 saturated heterocycles. The molecule has 0 aromatic heterocycles. The quantitative estimate of drug-likeness (QED) is 0.183. The van der Waals surface area contributed by atoms with Gasteiger partial charge in [0.25, 0.3) is 5.91 Å².